The maximum absolute atomic E-state index is 12.4. The fraction of sp³-hybridized carbons (Fsp3) is 0.438. The molecule has 0 aliphatic carbocycles. The summed E-state index contributed by atoms with van der Waals surface area (Å²) >= 11 is 1.40. The van der Waals surface area contributed by atoms with Crippen molar-refractivity contribution >= 4 is 28.1 Å². The molecule has 1 atom stereocenters. The van der Waals surface area contributed by atoms with Crippen molar-refractivity contribution < 1.29 is 9.53 Å². The highest BCUT2D eigenvalue weighted by molar-refractivity contribution is 7.15. The van der Waals surface area contributed by atoms with Crippen molar-refractivity contribution in [3.63, 3.8) is 0 Å². The lowest BCUT2D eigenvalue weighted by atomic mass is 10.2. The average Bonchev–Trinajstić information content (AvgIpc) is 3.02. The van der Waals surface area contributed by atoms with Gasteiger partial charge < -0.3 is 10.1 Å². The zero-order chi connectivity index (χ0) is 16.7. The number of rotatable bonds is 8. The van der Waals surface area contributed by atoms with Crippen LogP contribution in [-0.4, -0.2) is 28.8 Å². The fourth-order valence-electron chi connectivity index (χ4n) is 2.01. The summed E-state index contributed by atoms with van der Waals surface area (Å²) in [6, 6.07) is 7.24. The molecule has 0 saturated heterocycles. The molecular weight excluding hydrogens is 312 g/mol. The first kappa shape index (κ1) is 17.2. The molecule has 2 rings (SSSR count). The molecule has 1 heterocycles. The van der Waals surface area contributed by atoms with E-state index in [-0.39, 0.29) is 11.9 Å². The second-order valence-electron chi connectivity index (χ2n) is 4.91. The summed E-state index contributed by atoms with van der Waals surface area (Å²) in [6.07, 6.45) is 1.48. The van der Waals surface area contributed by atoms with Crippen LogP contribution in [0.2, 0.25) is 0 Å². The minimum Gasteiger partial charge on any atom is -0.494 e. The lowest BCUT2D eigenvalue weighted by molar-refractivity contribution is -0.117. The van der Waals surface area contributed by atoms with Gasteiger partial charge in [-0.05, 0) is 44.0 Å². The van der Waals surface area contributed by atoms with Gasteiger partial charge in [-0.3, -0.25) is 10.1 Å². The Kier molecular flexibility index (Phi) is 6.34. The molecule has 0 bridgehead atoms. The summed E-state index contributed by atoms with van der Waals surface area (Å²) in [6.45, 7) is 6.55. The molecule has 0 spiro atoms. The van der Waals surface area contributed by atoms with E-state index in [1.165, 1.54) is 11.3 Å². The van der Waals surface area contributed by atoms with Gasteiger partial charge in [-0.25, -0.2) is 0 Å². The Labute approximate surface area is 140 Å². The number of aryl methyl sites for hydroxylation is 1. The van der Waals surface area contributed by atoms with Crippen LogP contribution in [0, 0.1) is 0 Å². The van der Waals surface area contributed by atoms with E-state index in [1.807, 2.05) is 45.0 Å². The van der Waals surface area contributed by atoms with Crippen LogP contribution in [0.5, 0.6) is 5.75 Å². The number of hydrogen-bond donors (Lipinski definition) is 2. The van der Waals surface area contributed by atoms with Crippen molar-refractivity contribution in [3.8, 4) is 5.75 Å². The molecule has 7 heteroatoms. The molecule has 2 aromatic rings. The van der Waals surface area contributed by atoms with Crippen molar-refractivity contribution in [3.05, 3.63) is 29.3 Å². The van der Waals surface area contributed by atoms with E-state index in [4.69, 9.17) is 4.74 Å². The highest BCUT2D eigenvalue weighted by atomic mass is 32.1. The highest BCUT2D eigenvalue weighted by Crippen LogP contribution is 2.19. The maximum atomic E-state index is 12.4. The first-order chi connectivity index (χ1) is 11.2. The van der Waals surface area contributed by atoms with Crippen LogP contribution in [0.3, 0.4) is 0 Å². The topological polar surface area (TPSA) is 76.1 Å². The SMILES string of the molecule is CCOc1ccc(N[C@@H](CC)C(=O)Nc2nnc(CC)s2)cc1. The molecule has 1 aromatic carbocycles. The van der Waals surface area contributed by atoms with Gasteiger partial charge in [0.2, 0.25) is 11.0 Å². The van der Waals surface area contributed by atoms with Gasteiger partial charge in [0.1, 0.15) is 16.8 Å². The first-order valence-electron chi connectivity index (χ1n) is 7.78. The van der Waals surface area contributed by atoms with Gasteiger partial charge in [0.05, 0.1) is 6.61 Å². The van der Waals surface area contributed by atoms with E-state index in [9.17, 15) is 4.79 Å². The third-order valence-electron chi connectivity index (χ3n) is 3.23. The molecule has 23 heavy (non-hydrogen) atoms. The van der Waals surface area contributed by atoms with Gasteiger partial charge in [0, 0.05) is 5.69 Å². The molecule has 1 aromatic heterocycles. The van der Waals surface area contributed by atoms with E-state index in [2.05, 4.69) is 20.8 Å². The van der Waals surface area contributed by atoms with Crippen molar-refractivity contribution in [1.82, 2.24) is 10.2 Å². The van der Waals surface area contributed by atoms with Crippen LogP contribution in [0.4, 0.5) is 10.8 Å². The number of nitrogens with one attached hydrogen (secondary N) is 2. The van der Waals surface area contributed by atoms with E-state index in [0.29, 0.717) is 18.2 Å². The van der Waals surface area contributed by atoms with Gasteiger partial charge in [-0.15, -0.1) is 10.2 Å². The Morgan fingerprint density at radius 1 is 1.22 bits per heavy atom. The van der Waals surface area contributed by atoms with Crippen molar-refractivity contribution in [1.29, 1.82) is 0 Å². The summed E-state index contributed by atoms with van der Waals surface area (Å²) in [7, 11) is 0. The summed E-state index contributed by atoms with van der Waals surface area (Å²) in [5.74, 6) is 0.705. The van der Waals surface area contributed by atoms with Crippen LogP contribution in [0.15, 0.2) is 24.3 Å². The molecule has 0 aliphatic rings. The predicted molar refractivity (Wildman–Crippen MR) is 93.2 cm³/mol. The average molecular weight is 334 g/mol. The quantitative estimate of drug-likeness (QED) is 0.774. The van der Waals surface area contributed by atoms with Gasteiger partial charge in [0.25, 0.3) is 0 Å². The van der Waals surface area contributed by atoms with Gasteiger partial charge >= 0.3 is 0 Å². The molecule has 124 valence electrons. The molecule has 0 unspecified atom stereocenters. The molecule has 1 amide bonds. The number of amides is 1. The Morgan fingerprint density at radius 3 is 2.52 bits per heavy atom. The van der Waals surface area contributed by atoms with E-state index in [1.54, 1.807) is 0 Å². The van der Waals surface area contributed by atoms with Gasteiger partial charge in [-0.2, -0.15) is 0 Å². The maximum Gasteiger partial charge on any atom is 0.248 e. The number of benzene rings is 1. The highest BCUT2D eigenvalue weighted by Gasteiger charge is 2.18. The van der Waals surface area contributed by atoms with E-state index >= 15 is 0 Å². The number of anilines is 2. The number of nitrogens with zero attached hydrogens (tertiary/aromatic N) is 2. The Morgan fingerprint density at radius 2 is 1.96 bits per heavy atom. The Bertz CT molecular complexity index is 627. The minimum absolute atomic E-state index is 0.111. The Balaban J connectivity index is 1.96. The normalized spacial score (nSPS) is 11.8. The molecule has 0 aliphatic heterocycles. The molecule has 6 nitrogen and oxygen atoms in total. The summed E-state index contributed by atoms with van der Waals surface area (Å²) in [5.41, 5.74) is 0.877. The molecule has 0 fully saturated rings. The molecular formula is C16H22N4O2S. The summed E-state index contributed by atoms with van der Waals surface area (Å²) in [5, 5.41) is 15.5. The largest absolute Gasteiger partial charge is 0.494 e. The number of carbonyl (C=O) groups excluding carboxylic acids is 1. The number of aromatic nitrogens is 2. The van der Waals surface area contributed by atoms with Crippen molar-refractivity contribution in [2.75, 3.05) is 17.2 Å². The lowest BCUT2D eigenvalue weighted by Gasteiger charge is -2.17. The van der Waals surface area contributed by atoms with Crippen molar-refractivity contribution in [2.45, 2.75) is 39.7 Å². The van der Waals surface area contributed by atoms with Crippen LogP contribution in [0.25, 0.3) is 0 Å². The van der Waals surface area contributed by atoms with Crippen LogP contribution >= 0.6 is 11.3 Å². The lowest BCUT2D eigenvalue weighted by Crippen LogP contribution is -2.34. The number of carbonyl (C=O) groups is 1. The minimum atomic E-state index is -0.332. The van der Waals surface area contributed by atoms with E-state index in [0.717, 1.165) is 22.9 Å². The Hall–Kier alpha value is -2.15. The predicted octanol–water partition coefficient (Wildman–Crippen LogP) is 3.33. The summed E-state index contributed by atoms with van der Waals surface area (Å²) in [4.78, 5) is 12.4. The van der Waals surface area contributed by atoms with Gasteiger partial charge in [-0.1, -0.05) is 25.2 Å². The number of hydrogen-bond acceptors (Lipinski definition) is 6. The van der Waals surface area contributed by atoms with Crippen LogP contribution in [-0.2, 0) is 11.2 Å². The van der Waals surface area contributed by atoms with Crippen molar-refractivity contribution in [2.24, 2.45) is 0 Å². The first-order valence-corrected chi connectivity index (χ1v) is 8.60. The second kappa shape index (κ2) is 8.47. The standard InChI is InChI=1S/C16H22N4O2S/c1-4-13(15(21)18-16-20-19-14(5-2)23-16)17-11-7-9-12(10-8-11)22-6-3/h7-10,13,17H,4-6H2,1-3H3,(H,18,20,21)/t13-/m0/s1. The molecule has 0 saturated carbocycles. The third-order valence-corrected chi connectivity index (χ3v) is 4.21. The molecule has 0 radical (unpaired) electrons. The fourth-order valence-corrected chi connectivity index (χ4v) is 2.69. The molecule has 2 N–H and O–H groups in total. The van der Waals surface area contributed by atoms with Crippen LogP contribution in [0.1, 0.15) is 32.2 Å². The summed E-state index contributed by atoms with van der Waals surface area (Å²) < 4.78 is 5.41. The van der Waals surface area contributed by atoms with Crippen LogP contribution < -0.4 is 15.4 Å². The zero-order valence-corrected chi connectivity index (χ0v) is 14.4. The second-order valence-corrected chi connectivity index (χ2v) is 5.97. The smallest absolute Gasteiger partial charge is 0.248 e. The van der Waals surface area contributed by atoms with Gasteiger partial charge in [0.15, 0.2) is 0 Å². The monoisotopic (exact) mass is 334 g/mol. The third kappa shape index (κ3) is 4.92. The number of ether oxygens (including phenoxy) is 1. The van der Waals surface area contributed by atoms with E-state index < -0.39 is 0 Å². The zero-order valence-electron chi connectivity index (χ0n) is 13.6.